The molecule has 0 aliphatic carbocycles. The number of rotatable bonds is 3. The zero-order valence-corrected chi connectivity index (χ0v) is 15.0. The average Bonchev–Trinajstić information content (AvgIpc) is 3.12. The van der Waals surface area contributed by atoms with E-state index in [0.717, 1.165) is 53.2 Å². The topological polar surface area (TPSA) is 62.5 Å². The van der Waals surface area contributed by atoms with E-state index < -0.39 is 0 Å². The molecule has 1 aliphatic heterocycles. The number of aromatic nitrogens is 5. The summed E-state index contributed by atoms with van der Waals surface area (Å²) in [4.78, 5) is 10.0. The van der Waals surface area contributed by atoms with Crippen LogP contribution in [0.2, 0.25) is 0 Å². The van der Waals surface area contributed by atoms with E-state index >= 15 is 0 Å². The summed E-state index contributed by atoms with van der Waals surface area (Å²) in [5.74, 6) is 0.961. The number of imidazole rings is 1. The number of likely N-dealkylation sites (N-methyl/N-ethyl adjacent to an activating group) is 1. The second kappa shape index (κ2) is 6.01. The highest BCUT2D eigenvalue weighted by Crippen LogP contribution is 2.27. The van der Waals surface area contributed by atoms with Crippen LogP contribution in [0.5, 0.6) is 0 Å². The van der Waals surface area contributed by atoms with Gasteiger partial charge in [0, 0.05) is 26.2 Å². The number of fused-ring (bicyclic) bond motifs is 1. The summed E-state index contributed by atoms with van der Waals surface area (Å²) in [5, 5.41) is 14.2. The fraction of sp³-hybridized carbons (Fsp3) is 0.500. The van der Waals surface area contributed by atoms with Gasteiger partial charge in [0.2, 0.25) is 10.1 Å². The van der Waals surface area contributed by atoms with Gasteiger partial charge < -0.3 is 9.80 Å². The molecule has 4 rings (SSSR count). The lowest BCUT2D eigenvalue weighted by Crippen LogP contribution is -2.47. The Morgan fingerprint density at radius 3 is 2.83 bits per heavy atom. The third-order valence-electron chi connectivity index (χ3n) is 4.51. The predicted octanol–water partition coefficient (Wildman–Crippen LogP) is 2.30. The summed E-state index contributed by atoms with van der Waals surface area (Å²) in [6.07, 6.45) is 4.28. The molecule has 1 aliphatic rings. The van der Waals surface area contributed by atoms with Crippen molar-refractivity contribution in [2.75, 3.05) is 29.9 Å². The van der Waals surface area contributed by atoms with Crippen LogP contribution in [-0.4, -0.2) is 51.0 Å². The van der Waals surface area contributed by atoms with Crippen LogP contribution >= 0.6 is 11.3 Å². The van der Waals surface area contributed by atoms with Gasteiger partial charge in [-0.3, -0.25) is 0 Å². The molecular weight excluding hydrogens is 322 g/mol. The maximum absolute atomic E-state index is 4.67. The molecule has 0 saturated carbocycles. The van der Waals surface area contributed by atoms with Gasteiger partial charge in [-0.05, 0) is 38.8 Å². The van der Waals surface area contributed by atoms with E-state index in [1.54, 1.807) is 11.3 Å². The highest BCUT2D eigenvalue weighted by atomic mass is 32.1. The van der Waals surface area contributed by atoms with Crippen molar-refractivity contribution >= 4 is 27.2 Å². The van der Waals surface area contributed by atoms with Gasteiger partial charge in [-0.15, -0.1) is 10.2 Å². The maximum Gasteiger partial charge on any atom is 0.214 e. The third kappa shape index (κ3) is 2.82. The quantitative estimate of drug-likeness (QED) is 0.727. The van der Waals surface area contributed by atoms with Crippen LogP contribution in [0.4, 0.5) is 10.9 Å². The van der Waals surface area contributed by atoms with Crippen molar-refractivity contribution in [3.63, 3.8) is 0 Å². The molecule has 126 valence electrons. The Labute approximate surface area is 144 Å². The third-order valence-corrected chi connectivity index (χ3v) is 5.52. The van der Waals surface area contributed by atoms with Gasteiger partial charge in [0.25, 0.3) is 0 Å². The number of nitrogens with zero attached hydrogens (tertiary/aromatic N) is 7. The Hall–Kier alpha value is -2.22. The standard InChI is InChI=1S/C16H21N7S/c1-11-6-7-14(19-18-11)22-8-4-5-13(10-22)21(3)16-20-23-9-12(2)17-15(23)24-16/h6-7,9,13H,4-5,8,10H2,1-3H3/t13-/m0/s1. The molecule has 4 heterocycles. The monoisotopic (exact) mass is 343 g/mol. The number of hydrogen-bond acceptors (Lipinski definition) is 7. The Bertz CT molecular complexity index is 806. The van der Waals surface area contributed by atoms with Crippen molar-refractivity contribution in [1.29, 1.82) is 0 Å². The summed E-state index contributed by atoms with van der Waals surface area (Å²) in [6, 6.07) is 4.50. The van der Waals surface area contributed by atoms with Crippen LogP contribution < -0.4 is 9.80 Å². The van der Waals surface area contributed by atoms with Crippen LogP contribution in [0.1, 0.15) is 24.2 Å². The Kier molecular flexibility index (Phi) is 3.84. The molecule has 0 N–H and O–H groups in total. The van der Waals surface area contributed by atoms with Crippen LogP contribution in [0.3, 0.4) is 0 Å². The van der Waals surface area contributed by atoms with Gasteiger partial charge in [-0.25, -0.2) is 9.50 Å². The molecule has 1 atom stereocenters. The average molecular weight is 343 g/mol. The van der Waals surface area contributed by atoms with Crippen LogP contribution in [0.25, 0.3) is 4.96 Å². The largest absolute Gasteiger partial charge is 0.353 e. The smallest absolute Gasteiger partial charge is 0.214 e. The van der Waals surface area contributed by atoms with Crippen molar-refractivity contribution in [2.24, 2.45) is 0 Å². The number of anilines is 2. The lowest BCUT2D eigenvalue weighted by atomic mass is 10.0. The van der Waals surface area contributed by atoms with Crippen molar-refractivity contribution in [3.8, 4) is 0 Å². The predicted molar refractivity (Wildman–Crippen MR) is 96.0 cm³/mol. The molecule has 3 aromatic rings. The minimum Gasteiger partial charge on any atom is -0.353 e. The van der Waals surface area contributed by atoms with Gasteiger partial charge in [-0.2, -0.15) is 5.10 Å². The van der Waals surface area contributed by atoms with Crippen LogP contribution in [-0.2, 0) is 0 Å². The van der Waals surface area contributed by atoms with E-state index in [4.69, 9.17) is 0 Å². The molecular formula is C16H21N7S. The highest BCUT2D eigenvalue weighted by Gasteiger charge is 2.26. The molecule has 0 amide bonds. The summed E-state index contributed by atoms with van der Waals surface area (Å²) in [7, 11) is 2.13. The van der Waals surface area contributed by atoms with Crippen molar-refractivity contribution in [1.82, 2.24) is 24.8 Å². The normalized spacial score (nSPS) is 18.3. The fourth-order valence-corrected chi connectivity index (χ4v) is 4.10. The highest BCUT2D eigenvalue weighted by molar-refractivity contribution is 7.20. The molecule has 0 spiro atoms. The van der Waals surface area contributed by atoms with E-state index in [1.165, 1.54) is 0 Å². The molecule has 1 saturated heterocycles. The second-order valence-electron chi connectivity index (χ2n) is 6.38. The van der Waals surface area contributed by atoms with E-state index in [1.807, 2.05) is 30.6 Å². The minimum atomic E-state index is 0.416. The number of aryl methyl sites for hydroxylation is 2. The summed E-state index contributed by atoms with van der Waals surface area (Å²) >= 11 is 1.64. The van der Waals surface area contributed by atoms with Gasteiger partial charge in [0.05, 0.1) is 17.6 Å². The zero-order valence-electron chi connectivity index (χ0n) is 14.2. The molecule has 0 bridgehead atoms. The second-order valence-corrected chi connectivity index (χ2v) is 7.31. The first kappa shape index (κ1) is 15.3. The molecule has 0 radical (unpaired) electrons. The summed E-state index contributed by atoms with van der Waals surface area (Å²) < 4.78 is 1.87. The Morgan fingerprint density at radius 1 is 1.21 bits per heavy atom. The lowest BCUT2D eigenvalue weighted by Gasteiger charge is -2.37. The zero-order chi connectivity index (χ0) is 16.7. The molecule has 1 fully saturated rings. The first-order chi connectivity index (χ1) is 11.6. The van der Waals surface area contributed by atoms with Crippen LogP contribution in [0.15, 0.2) is 18.3 Å². The number of hydrogen-bond donors (Lipinski definition) is 0. The fourth-order valence-electron chi connectivity index (χ4n) is 3.14. The van der Waals surface area contributed by atoms with Crippen molar-refractivity contribution in [3.05, 3.63) is 29.7 Å². The first-order valence-electron chi connectivity index (χ1n) is 8.21. The van der Waals surface area contributed by atoms with Gasteiger partial charge in [0.15, 0.2) is 5.82 Å². The molecule has 7 nitrogen and oxygen atoms in total. The SMILES string of the molecule is Cc1ccc(N2CCC[C@H](N(C)c3nn4cc(C)nc4s3)C2)nn1. The minimum absolute atomic E-state index is 0.416. The van der Waals surface area contributed by atoms with Gasteiger partial charge in [-0.1, -0.05) is 11.3 Å². The van der Waals surface area contributed by atoms with Crippen molar-refractivity contribution in [2.45, 2.75) is 32.7 Å². The summed E-state index contributed by atoms with van der Waals surface area (Å²) in [5.41, 5.74) is 1.95. The first-order valence-corrected chi connectivity index (χ1v) is 9.03. The van der Waals surface area contributed by atoms with Crippen molar-refractivity contribution < 1.29 is 0 Å². The van der Waals surface area contributed by atoms with Gasteiger partial charge >= 0.3 is 0 Å². The van der Waals surface area contributed by atoms with E-state index in [0.29, 0.717) is 6.04 Å². The van der Waals surface area contributed by atoms with E-state index in [9.17, 15) is 0 Å². The van der Waals surface area contributed by atoms with Gasteiger partial charge in [0.1, 0.15) is 0 Å². The molecule has 8 heteroatoms. The molecule has 0 aromatic carbocycles. The molecule has 3 aromatic heterocycles. The lowest BCUT2D eigenvalue weighted by molar-refractivity contribution is 0.483. The molecule has 24 heavy (non-hydrogen) atoms. The maximum atomic E-state index is 4.67. The summed E-state index contributed by atoms with van der Waals surface area (Å²) in [6.45, 7) is 5.92. The Morgan fingerprint density at radius 2 is 2.08 bits per heavy atom. The van der Waals surface area contributed by atoms with E-state index in [-0.39, 0.29) is 0 Å². The van der Waals surface area contributed by atoms with E-state index in [2.05, 4.69) is 43.2 Å². The molecule has 0 unspecified atom stereocenters. The number of piperidine rings is 1. The Balaban J connectivity index is 1.52. The van der Waals surface area contributed by atoms with Crippen LogP contribution in [0, 0.1) is 13.8 Å².